The fourth-order valence-electron chi connectivity index (χ4n) is 3.76. The van der Waals surface area contributed by atoms with Crippen LogP contribution in [0.3, 0.4) is 0 Å². The summed E-state index contributed by atoms with van der Waals surface area (Å²) < 4.78 is 11.9. The highest BCUT2D eigenvalue weighted by atomic mass is 16.5. The Labute approximate surface area is 126 Å². The molecule has 1 aromatic rings. The molecule has 3 nitrogen and oxygen atoms in total. The largest absolute Gasteiger partial charge is 0.459 e. The molecule has 0 saturated carbocycles. The predicted octanol–water partition coefficient (Wildman–Crippen LogP) is 3.67. The van der Waals surface area contributed by atoms with Gasteiger partial charge in [-0.2, -0.15) is 0 Å². The van der Waals surface area contributed by atoms with E-state index in [1.54, 1.807) is 0 Å². The number of carbonyl (C=O) groups excluding carboxylic acids is 1. The molecular weight excluding hydrogens is 264 g/mol. The first-order chi connectivity index (χ1) is 10.0. The van der Waals surface area contributed by atoms with Crippen LogP contribution in [0.5, 0.6) is 0 Å². The van der Waals surface area contributed by atoms with E-state index < -0.39 is 0 Å². The smallest absolute Gasteiger partial charge is 0.338 e. The summed E-state index contributed by atoms with van der Waals surface area (Å²) in [4.78, 5) is 12.5. The van der Waals surface area contributed by atoms with Gasteiger partial charge in [0.2, 0.25) is 0 Å². The Kier molecular flexibility index (Phi) is 4.03. The van der Waals surface area contributed by atoms with Gasteiger partial charge in [0, 0.05) is 6.42 Å². The molecule has 2 aliphatic heterocycles. The third-order valence-electron chi connectivity index (χ3n) is 4.63. The van der Waals surface area contributed by atoms with Gasteiger partial charge in [-0.15, -0.1) is 0 Å². The molecule has 1 fully saturated rings. The molecule has 4 unspecified atom stereocenters. The van der Waals surface area contributed by atoms with Gasteiger partial charge >= 0.3 is 5.97 Å². The van der Waals surface area contributed by atoms with Gasteiger partial charge in [0.05, 0.1) is 17.8 Å². The first-order valence-electron chi connectivity index (χ1n) is 7.98. The highest BCUT2D eigenvalue weighted by Gasteiger charge is 2.32. The number of benzene rings is 1. The quantitative estimate of drug-likeness (QED) is 0.683. The molecule has 0 aliphatic carbocycles. The molecule has 3 rings (SSSR count). The minimum Gasteiger partial charge on any atom is -0.459 e. The van der Waals surface area contributed by atoms with Crippen molar-refractivity contribution >= 4 is 5.97 Å². The fourth-order valence-corrected chi connectivity index (χ4v) is 3.76. The summed E-state index contributed by atoms with van der Waals surface area (Å²) in [6.45, 7) is 6.24. The number of cyclic esters (lactones) is 1. The Morgan fingerprint density at radius 1 is 1.10 bits per heavy atom. The Morgan fingerprint density at radius 3 is 2.67 bits per heavy atom. The number of hydrogen-bond acceptors (Lipinski definition) is 3. The molecule has 2 bridgehead atoms. The summed E-state index contributed by atoms with van der Waals surface area (Å²) in [6.07, 6.45) is 4.09. The second kappa shape index (κ2) is 5.80. The third kappa shape index (κ3) is 3.13. The van der Waals surface area contributed by atoms with Crippen LogP contribution in [0.15, 0.2) is 18.2 Å². The maximum absolute atomic E-state index is 12.5. The van der Waals surface area contributed by atoms with Crippen LogP contribution in [0.4, 0.5) is 0 Å². The standard InChI is InChI=1S/C18H24O3/c1-11-7-15-9-13(3)20-18(19)17-12(2)5-4-6-14(17)10-16(8-11)21-15/h4-6,11,13,15-16H,7-10H2,1-3H3. The molecule has 0 spiro atoms. The molecule has 1 saturated heterocycles. The number of hydrogen-bond donors (Lipinski definition) is 0. The Bertz CT molecular complexity index is 537. The zero-order chi connectivity index (χ0) is 15.0. The van der Waals surface area contributed by atoms with Crippen LogP contribution in [0.2, 0.25) is 0 Å². The van der Waals surface area contributed by atoms with Gasteiger partial charge in [0.15, 0.2) is 0 Å². The maximum Gasteiger partial charge on any atom is 0.338 e. The number of aryl methyl sites for hydroxylation is 1. The SMILES string of the molecule is Cc1cccc2c1C(=O)OC(C)CC1CC(C)CC(C2)O1. The van der Waals surface area contributed by atoms with Crippen molar-refractivity contribution in [3.8, 4) is 0 Å². The Balaban J connectivity index is 1.98. The van der Waals surface area contributed by atoms with Crippen molar-refractivity contribution < 1.29 is 14.3 Å². The van der Waals surface area contributed by atoms with Crippen molar-refractivity contribution in [3.63, 3.8) is 0 Å². The van der Waals surface area contributed by atoms with Crippen LogP contribution >= 0.6 is 0 Å². The van der Waals surface area contributed by atoms with Crippen LogP contribution in [0, 0.1) is 12.8 Å². The molecule has 114 valence electrons. The van der Waals surface area contributed by atoms with E-state index in [0.29, 0.717) is 5.92 Å². The molecule has 4 atom stereocenters. The van der Waals surface area contributed by atoms with E-state index in [2.05, 4.69) is 6.92 Å². The van der Waals surface area contributed by atoms with Gasteiger partial charge in [-0.1, -0.05) is 25.1 Å². The van der Waals surface area contributed by atoms with Crippen LogP contribution in [-0.2, 0) is 15.9 Å². The summed E-state index contributed by atoms with van der Waals surface area (Å²) in [5.41, 5.74) is 2.79. The second-order valence-corrected chi connectivity index (χ2v) is 6.72. The van der Waals surface area contributed by atoms with E-state index in [9.17, 15) is 4.79 Å². The van der Waals surface area contributed by atoms with Gasteiger partial charge in [-0.05, 0) is 50.2 Å². The average molecular weight is 288 g/mol. The lowest BCUT2D eigenvalue weighted by molar-refractivity contribution is -0.0855. The van der Waals surface area contributed by atoms with Crippen LogP contribution in [-0.4, -0.2) is 24.3 Å². The molecule has 3 heteroatoms. The monoisotopic (exact) mass is 288 g/mol. The summed E-state index contributed by atoms with van der Waals surface area (Å²) >= 11 is 0. The molecule has 2 aliphatic rings. The molecule has 21 heavy (non-hydrogen) atoms. The molecular formula is C18H24O3. The summed E-state index contributed by atoms with van der Waals surface area (Å²) in [6, 6.07) is 6.03. The first-order valence-corrected chi connectivity index (χ1v) is 7.98. The van der Waals surface area contributed by atoms with E-state index in [0.717, 1.165) is 42.4 Å². The lowest BCUT2D eigenvalue weighted by Crippen LogP contribution is -2.37. The van der Waals surface area contributed by atoms with E-state index >= 15 is 0 Å². The van der Waals surface area contributed by atoms with Crippen molar-refractivity contribution in [1.29, 1.82) is 0 Å². The van der Waals surface area contributed by atoms with E-state index in [4.69, 9.17) is 9.47 Å². The highest BCUT2D eigenvalue weighted by molar-refractivity contribution is 5.92. The van der Waals surface area contributed by atoms with Gasteiger partial charge < -0.3 is 9.47 Å². The molecule has 0 amide bonds. The summed E-state index contributed by atoms with van der Waals surface area (Å²) in [5.74, 6) is 0.493. The van der Waals surface area contributed by atoms with Crippen molar-refractivity contribution in [1.82, 2.24) is 0 Å². The van der Waals surface area contributed by atoms with Crippen LogP contribution < -0.4 is 0 Å². The normalized spacial score (nSPS) is 33.0. The zero-order valence-corrected chi connectivity index (χ0v) is 13.1. The van der Waals surface area contributed by atoms with E-state index in [-0.39, 0.29) is 24.3 Å². The van der Waals surface area contributed by atoms with Gasteiger partial charge in [0.1, 0.15) is 6.10 Å². The Morgan fingerprint density at radius 2 is 1.86 bits per heavy atom. The highest BCUT2D eigenvalue weighted by Crippen LogP contribution is 2.32. The molecule has 0 N–H and O–H groups in total. The second-order valence-electron chi connectivity index (χ2n) is 6.72. The Hall–Kier alpha value is -1.35. The molecule has 1 aromatic carbocycles. The van der Waals surface area contributed by atoms with E-state index in [1.165, 1.54) is 0 Å². The van der Waals surface area contributed by atoms with Crippen molar-refractivity contribution in [3.05, 3.63) is 34.9 Å². The third-order valence-corrected chi connectivity index (χ3v) is 4.63. The number of carbonyl (C=O) groups is 1. The van der Waals surface area contributed by atoms with E-state index in [1.807, 2.05) is 32.0 Å². The lowest BCUT2D eigenvalue weighted by Gasteiger charge is -2.36. The molecule has 0 aromatic heterocycles. The van der Waals surface area contributed by atoms with Gasteiger partial charge in [0.25, 0.3) is 0 Å². The predicted molar refractivity (Wildman–Crippen MR) is 81.4 cm³/mol. The van der Waals surface area contributed by atoms with Crippen molar-refractivity contribution in [2.24, 2.45) is 5.92 Å². The number of rotatable bonds is 0. The maximum atomic E-state index is 12.5. The van der Waals surface area contributed by atoms with Crippen molar-refractivity contribution in [2.75, 3.05) is 0 Å². The number of ether oxygens (including phenoxy) is 2. The van der Waals surface area contributed by atoms with Crippen molar-refractivity contribution in [2.45, 2.75) is 64.8 Å². The fraction of sp³-hybridized carbons (Fsp3) is 0.611. The van der Waals surface area contributed by atoms with Gasteiger partial charge in [-0.25, -0.2) is 4.79 Å². The molecule has 2 heterocycles. The minimum absolute atomic E-state index is 0.0981. The van der Waals surface area contributed by atoms with Crippen LogP contribution in [0.25, 0.3) is 0 Å². The van der Waals surface area contributed by atoms with Gasteiger partial charge in [-0.3, -0.25) is 0 Å². The lowest BCUT2D eigenvalue weighted by atomic mass is 9.87. The first kappa shape index (κ1) is 14.6. The van der Waals surface area contributed by atoms with Crippen LogP contribution in [0.1, 0.15) is 54.6 Å². The minimum atomic E-state index is -0.177. The number of esters is 1. The molecule has 0 radical (unpaired) electrons. The number of fused-ring (bicyclic) bond motifs is 3. The zero-order valence-electron chi connectivity index (χ0n) is 13.1. The summed E-state index contributed by atoms with van der Waals surface area (Å²) in [7, 11) is 0. The summed E-state index contributed by atoms with van der Waals surface area (Å²) in [5, 5.41) is 0. The average Bonchev–Trinajstić information content (AvgIpc) is 2.36. The topological polar surface area (TPSA) is 35.5 Å².